The lowest BCUT2D eigenvalue weighted by Gasteiger charge is -2.18. The van der Waals surface area contributed by atoms with Gasteiger partial charge in [-0.1, -0.05) is 0 Å². The highest BCUT2D eigenvalue weighted by molar-refractivity contribution is 9.10. The van der Waals surface area contributed by atoms with Gasteiger partial charge in [0, 0.05) is 16.1 Å². The lowest BCUT2D eigenvalue weighted by Crippen LogP contribution is -2.09. The Morgan fingerprint density at radius 1 is 1.10 bits per heavy atom. The van der Waals surface area contributed by atoms with Gasteiger partial charge in [-0.05, 0) is 47.1 Å². The number of hydrogen-bond acceptors (Lipinski definition) is 2. The molecule has 2 N–H and O–H groups in total. The van der Waals surface area contributed by atoms with Gasteiger partial charge in [0.2, 0.25) is 0 Å². The first-order chi connectivity index (χ1) is 9.38. The number of anilines is 1. The number of phenols is 1. The van der Waals surface area contributed by atoms with Gasteiger partial charge in [-0.2, -0.15) is 0 Å². The average molecular weight is 346 g/mol. The molecule has 0 aromatic heterocycles. The summed E-state index contributed by atoms with van der Waals surface area (Å²) < 4.78 is 40.1. The van der Waals surface area contributed by atoms with Crippen LogP contribution in [0.4, 0.5) is 18.9 Å². The molecule has 2 aromatic rings. The molecule has 0 spiro atoms. The second kappa shape index (κ2) is 5.75. The Morgan fingerprint density at radius 3 is 2.45 bits per heavy atom. The molecular formula is C14H11BrF3NO. The van der Waals surface area contributed by atoms with Crippen molar-refractivity contribution in [1.29, 1.82) is 0 Å². The lowest BCUT2D eigenvalue weighted by atomic mass is 10.1. The van der Waals surface area contributed by atoms with Crippen LogP contribution >= 0.6 is 15.9 Å². The smallest absolute Gasteiger partial charge is 0.150 e. The van der Waals surface area contributed by atoms with Crippen molar-refractivity contribution in [1.82, 2.24) is 0 Å². The van der Waals surface area contributed by atoms with Gasteiger partial charge in [0.1, 0.15) is 23.2 Å². The van der Waals surface area contributed by atoms with Crippen molar-refractivity contribution in [3.63, 3.8) is 0 Å². The first-order valence-corrected chi connectivity index (χ1v) is 6.57. The summed E-state index contributed by atoms with van der Waals surface area (Å²) in [5, 5.41) is 12.5. The summed E-state index contributed by atoms with van der Waals surface area (Å²) in [5.41, 5.74) is 0.322. The standard InChI is InChI=1S/C14H11BrF3NO/c1-7(10-4-8(16)2-3-13(10)20)19-14-11(15)5-9(17)6-12(14)18/h2-7,19-20H,1H3. The van der Waals surface area contributed by atoms with Gasteiger partial charge in [-0.3, -0.25) is 0 Å². The Bertz CT molecular complexity index is 625. The molecule has 1 atom stereocenters. The van der Waals surface area contributed by atoms with E-state index in [4.69, 9.17) is 0 Å². The summed E-state index contributed by atoms with van der Waals surface area (Å²) in [4.78, 5) is 0. The van der Waals surface area contributed by atoms with Crippen LogP contribution in [0.25, 0.3) is 0 Å². The highest BCUT2D eigenvalue weighted by Gasteiger charge is 2.16. The van der Waals surface area contributed by atoms with E-state index < -0.39 is 23.5 Å². The highest BCUT2D eigenvalue weighted by atomic mass is 79.9. The maximum atomic E-state index is 13.7. The monoisotopic (exact) mass is 345 g/mol. The molecule has 1 unspecified atom stereocenters. The Kier molecular flexibility index (Phi) is 4.23. The lowest BCUT2D eigenvalue weighted by molar-refractivity contribution is 0.462. The summed E-state index contributed by atoms with van der Waals surface area (Å²) in [6, 6.07) is 4.79. The first-order valence-electron chi connectivity index (χ1n) is 5.78. The van der Waals surface area contributed by atoms with Crippen LogP contribution in [0.2, 0.25) is 0 Å². The zero-order chi connectivity index (χ0) is 14.9. The number of nitrogens with one attached hydrogen (secondary N) is 1. The Hall–Kier alpha value is -1.69. The number of hydrogen-bond donors (Lipinski definition) is 2. The van der Waals surface area contributed by atoms with Gasteiger partial charge in [0.05, 0.1) is 11.7 Å². The number of aromatic hydroxyl groups is 1. The Morgan fingerprint density at radius 2 is 1.80 bits per heavy atom. The van der Waals surface area contributed by atoms with Gasteiger partial charge >= 0.3 is 0 Å². The number of halogens is 4. The fourth-order valence-corrected chi connectivity index (χ4v) is 2.37. The average Bonchev–Trinajstić information content (AvgIpc) is 2.36. The zero-order valence-electron chi connectivity index (χ0n) is 10.4. The van der Waals surface area contributed by atoms with Crippen molar-refractivity contribution in [2.24, 2.45) is 0 Å². The normalized spacial score (nSPS) is 12.2. The van der Waals surface area contributed by atoms with Crippen molar-refractivity contribution in [2.75, 3.05) is 5.32 Å². The molecule has 0 radical (unpaired) electrons. The van der Waals surface area contributed by atoms with Gasteiger partial charge in [-0.25, -0.2) is 13.2 Å². The Labute approximate surface area is 122 Å². The van der Waals surface area contributed by atoms with Gasteiger partial charge in [0.15, 0.2) is 0 Å². The second-order valence-corrected chi connectivity index (χ2v) is 5.17. The SMILES string of the molecule is CC(Nc1c(F)cc(F)cc1Br)c1cc(F)ccc1O. The van der Waals surface area contributed by atoms with Crippen LogP contribution in [0.1, 0.15) is 18.5 Å². The van der Waals surface area contributed by atoms with Gasteiger partial charge in [-0.15, -0.1) is 0 Å². The van der Waals surface area contributed by atoms with Crippen molar-refractivity contribution in [3.8, 4) is 5.75 Å². The van der Waals surface area contributed by atoms with Crippen molar-refractivity contribution in [3.05, 3.63) is 57.8 Å². The fourth-order valence-electron chi connectivity index (χ4n) is 1.85. The van der Waals surface area contributed by atoms with E-state index in [9.17, 15) is 18.3 Å². The van der Waals surface area contributed by atoms with Crippen LogP contribution in [0.3, 0.4) is 0 Å². The van der Waals surface area contributed by atoms with E-state index in [-0.39, 0.29) is 21.5 Å². The molecule has 0 saturated heterocycles. The van der Waals surface area contributed by atoms with Crippen LogP contribution < -0.4 is 5.32 Å². The third-order valence-electron chi connectivity index (χ3n) is 2.82. The largest absolute Gasteiger partial charge is 0.508 e. The molecule has 0 fully saturated rings. The third kappa shape index (κ3) is 3.07. The van der Waals surface area contributed by atoms with E-state index in [0.29, 0.717) is 0 Å². The van der Waals surface area contributed by atoms with Crippen LogP contribution in [-0.4, -0.2) is 5.11 Å². The molecule has 106 valence electrons. The van der Waals surface area contributed by atoms with Crippen molar-refractivity contribution >= 4 is 21.6 Å². The summed E-state index contributed by atoms with van der Waals surface area (Å²) in [6.07, 6.45) is 0. The Balaban J connectivity index is 2.32. The van der Waals surface area contributed by atoms with Gasteiger partial charge in [0.25, 0.3) is 0 Å². The second-order valence-electron chi connectivity index (χ2n) is 4.31. The molecule has 2 nitrogen and oxygen atoms in total. The molecule has 0 aliphatic carbocycles. The summed E-state index contributed by atoms with van der Waals surface area (Å²) in [5.74, 6) is -2.10. The van der Waals surface area contributed by atoms with Crippen molar-refractivity contribution < 1.29 is 18.3 Å². The molecule has 0 heterocycles. The molecule has 20 heavy (non-hydrogen) atoms. The van der Waals surface area contributed by atoms with Gasteiger partial charge < -0.3 is 10.4 Å². The predicted molar refractivity (Wildman–Crippen MR) is 74.2 cm³/mol. The topological polar surface area (TPSA) is 32.3 Å². The quantitative estimate of drug-likeness (QED) is 0.841. The molecule has 0 amide bonds. The minimum absolute atomic E-state index is 0.0440. The molecule has 0 saturated carbocycles. The maximum Gasteiger partial charge on any atom is 0.150 e. The first kappa shape index (κ1) is 14.7. The molecule has 0 aliphatic heterocycles. The summed E-state index contributed by atoms with van der Waals surface area (Å²) in [7, 11) is 0. The number of rotatable bonds is 3. The van der Waals surface area contributed by atoms with Crippen LogP contribution in [0, 0.1) is 17.5 Å². The molecule has 2 rings (SSSR count). The maximum absolute atomic E-state index is 13.7. The summed E-state index contributed by atoms with van der Waals surface area (Å²) in [6.45, 7) is 1.63. The van der Waals surface area contributed by atoms with E-state index in [1.165, 1.54) is 6.07 Å². The van der Waals surface area contributed by atoms with Crippen LogP contribution in [-0.2, 0) is 0 Å². The number of benzene rings is 2. The third-order valence-corrected chi connectivity index (χ3v) is 3.45. The molecule has 0 aliphatic rings. The van der Waals surface area contributed by atoms with Crippen LogP contribution in [0.15, 0.2) is 34.8 Å². The van der Waals surface area contributed by atoms with Crippen molar-refractivity contribution in [2.45, 2.75) is 13.0 Å². The fraction of sp³-hybridized carbons (Fsp3) is 0.143. The zero-order valence-corrected chi connectivity index (χ0v) is 12.0. The number of phenolic OH excluding ortho intramolecular Hbond substituents is 1. The van der Waals surface area contributed by atoms with E-state index in [1.807, 2.05) is 0 Å². The van der Waals surface area contributed by atoms with E-state index >= 15 is 0 Å². The minimum Gasteiger partial charge on any atom is -0.508 e. The van der Waals surface area contributed by atoms with E-state index in [2.05, 4.69) is 21.2 Å². The summed E-state index contributed by atoms with van der Waals surface area (Å²) >= 11 is 3.05. The molecular weight excluding hydrogens is 335 g/mol. The minimum atomic E-state index is -0.778. The molecule has 2 aromatic carbocycles. The molecule has 6 heteroatoms. The highest BCUT2D eigenvalue weighted by Crippen LogP contribution is 2.32. The predicted octanol–water partition coefficient (Wildman–Crippen LogP) is 4.75. The van der Waals surface area contributed by atoms with E-state index in [1.54, 1.807) is 6.92 Å². The van der Waals surface area contributed by atoms with E-state index in [0.717, 1.165) is 24.3 Å². The van der Waals surface area contributed by atoms with Crippen LogP contribution in [0.5, 0.6) is 5.75 Å². The molecule has 0 bridgehead atoms.